The zero-order valence-electron chi connectivity index (χ0n) is 22.6. The number of hydrogen-bond donors (Lipinski definition) is 0. The number of rotatable bonds is 9. The SMILES string of the molecule is CC(=O)O[C@H]1CC[C@](C)([C@H]2CC[C@@]3(C)[C@H](CC[C@@H]3[C@H](C)CCCC(C)C)[C@@H]2C(=O)C(=O)[O-])C(=O)C1. The number of carboxylic acid groups (broad SMARTS) is 1. The van der Waals surface area contributed by atoms with Crippen LogP contribution in [-0.2, 0) is 23.9 Å². The summed E-state index contributed by atoms with van der Waals surface area (Å²) in [5, 5.41) is 11.9. The lowest BCUT2D eigenvalue weighted by Crippen LogP contribution is -2.56. The van der Waals surface area contributed by atoms with Gasteiger partial charge in [0.05, 0.1) is 0 Å². The summed E-state index contributed by atoms with van der Waals surface area (Å²) in [5.74, 6) is -2.24. The molecule has 198 valence electrons. The summed E-state index contributed by atoms with van der Waals surface area (Å²) in [4.78, 5) is 49.9. The first-order chi connectivity index (χ1) is 16.3. The molecule has 0 heterocycles. The van der Waals surface area contributed by atoms with Crippen LogP contribution in [0.2, 0.25) is 0 Å². The highest BCUT2D eigenvalue weighted by molar-refractivity contribution is 6.32. The Bertz CT molecular complexity index is 833. The third kappa shape index (κ3) is 5.51. The number of aliphatic carboxylic acids is 1. The molecule has 0 saturated heterocycles. The Kier molecular flexibility index (Phi) is 8.53. The minimum absolute atomic E-state index is 0.0173. The van der Waals surface area contributed by atoms with Gasteiger partial charge >= 0.3 is 5.97 Å². The van der Waals surface area contributed by atoms with Gasteiger partial charge in [-0.25, -0.2) is 0 Å². The van der Waals surface area contributed by atoms with Crippen molar-refractivity contribution in [3.8, 4) is 0 Å². The topological polar surface area (TPSA) is 101 Å². The first-order valence-corrected chi connectivity index (χ1v) is 13.8. The largest absolute Gasteiger partial charge is 0.542 e. The summed E-state index contributed by atoms with van der Waals surface area (Å²) < 4.78 is 5.30. The van der Waals surface area contributed by atoms with Crippen molar-refractivity contribution in [3.63, 3.8) is 0 Å². The van der Waals surface area contributed by atoms with Gasteiger partial charge in [-0.05, 0) is 73.5 Å². The van der Waals surface area contributed by atoms with E-state index in [0.29, 0.717) is 37.0 Å². The maximum atomic E-state index is 13.4. The van der Waals surface area contributed by atoms with E-state index in [9.17, 15) is 24.3 Å². The summed E-state index contributed by atoms with van der Waals surface area (Å²) in [6.07, 6.45) is 7.74. The molecule has 0 radical (unpaired) electrons. The molecule has 35 heavy (non-hydrogen) atoms. The fourth-order valence-electron chi connectivity index (χ4n) is 8.25. The van der Waals surface area contributed by atoms with E-state index in [-0.39, 0.29) is 29.5 Å². The predicted octanol–water partition coefficient (Wildman–Crippen LogP) is 4.52. The van der Waals surface area contributed by atoms with Crippen LogP contribution in [0.15, 0.2) is 0 Å². The summed E-state index contributed by atoms with van der Waals surface area (Å²) in [6, 6.07) is 0. The van der Waals surface area contributed by atoms with E-state index >= 15 is 0 Å². The average Bonchev–Trinajstić information content (AvgIpc) is 3.11. The summed E-state index contributed by atoms with van der Waals surface area (Å²) in [7, 11) is 0. The lowest BCUT2D eigenvalue weighted by Gasteiger charge is -2.54. The molecule has 0 aromatic carbocycles. The smallest absolute Gasteiger partial charge is 0.302 e. The van der Waals surface area contributed by atoms with E-state index in [1.165, 1.54) is 19.8 Å². The van der Waals surface area contributed by atoms with Crippen molar-refractivity contribution >= 4 is 23.5 Å². The molecule has 0 N–H and O–H groups in total. The maximum absolute atomic E-state index is 13.4. The number of carbonyl (C=O) groups is 4. The van der Waals surface area contributed by atoms with Gasteiger partial charge in [0.15, 0.2) is 5.78 Å². The lowest BCUT2D eigenvalue weighted by molar-refractivity contribution is -0.301. The van der Waals surface area contributed by atoms with Crippen molar-refractivity contribution in [1.82, 2.24) is 0 Å². The second-order valence-corrected chi connectivity index (χ2v) is 12.7. The lowest BCUT2D eigenvalue weighted by atomic mass is 9.49. The zero-order valence-corrected chi connectivity index (χ0v) is 22.6. The van der Waals surface area contributed by atoms with Crippen LogP contribution in [0.5, 0.6) is 0 Å². The molecule has 6 nitrogen and oxygen atoms in total. The number of carbonyl (C=O) groups excluding carboxylic acids is 4. The van der Waals surface area contributed by atoms with Gasteiger partial charge in [-0.3, -0.25) is 14.4 Å². The first kappa shape index (κ1) is 27.9. The van der Waals surface area contributed by atoms with E-state index in [4.69, 9.17) is 4.74 Å². The van der Waals surface area contributed by atoms with Gasteiger partial charge in [-0.1, -0.05) is 53.9 Å². The molecule has 0 aromatic heterocycles. The zero-order chi connectivity index (χ0) is 26.1. The van der Waals surface area contributed by atoms with Crippen LogP contribution in [0.3, 0.4) is 0 Å². The minimum atomic E-state index is -1.62. The Balaban J connectivity index is 1.84. The summed E-state index contributed by atoms with van der Waals surface area (Å²) >= 11 is 0. The van der Waals surface area contributed by atoms with Gasteiger partial charge in [0.1, 0.15) is 17.9 Å². The first-order valence-electron chi connectivity index (χ1n) is 13.8. The van der Waals surface area contributed by atoms with Crippen LogP contribution in [-0.4, -0.2) is 29.6 Å². The quantitative estimate of drug-likeness (QED) is 0.349. The van der Waals surface area contributed by atoms with Gasteiger partial charge < -0.3 is 14.6 Å². The van der Waals surface area contributed by atoms with E-state index in [1.54, 1.807) is 0 Å². The fourth-order valence-corrected chi connectivity index (χ4v) is 8.25. The number of ketones is 2. The third-order valence-electron chi connectivity index (χ3n) is 10.2. The van der Waals surface area contributed by atoms with Gasteiger partial charge in [0, 0.05) is 24.7 Å². The fraction of sp³-hybridized carbons (Fsp3) is 0.862. The monoisotopic (exact) mass is 489 g/mol. The molecule has 8 atom stereocenters. The van der Waals surface area contributed by atoms with Gasteiger partial charge in [0.25, 0.3) is 0 Å². The van der Waals surface area contributed by atoms with Crippen molar-refractivity contribution in [2.45, 2.75) is 112 Å². The highest BCUT2D eigenvalue weighted by atomic mass is 16.5. The molecular weight excluding hydrogens is 444 g/mol. The van der Waals surface area contributed by atoms with Crippen molar-refractivity contribution in [3.05, 3.63) is 0 Å². The number of fused-ring (bicyclic) bond motifs is 1. The molecular formula is C29H45O6-. The van der Waals surface area contributed by atoms with Crippen molar-refractivity contribution in [2.24, 2.45) is 46.3 Å². The standard InChI is InChI=1S/C29H46O6/c1-17(2)8-7-9-18(3)21-10-11-22-25(26(32)27(33)34)23(13-15-28(21,22)5)29(6)14-12-20(16-24(29)31)35-19(4)30/h17-18,20-23,25H,7-16H2,1-6H3,(H,33,34)/p-1/t18-,20+,21-,22-,23+,25+,28-,29-/m1/s1. The highest BCUT2D eigenvalue weighted by Crippen LogP contribution is 2.64. The maximum Gasteiger partial charge on any atom is 0.302 e. The molecule has 6 heteroatoms. The number of carboxylic acids is 1. The second-order valence-electron chi connectivity index (χ2n) is 12.7. The number of ether oxygens (including phenoxy) is 1. The van der Waals surface area contributed by atoms with Crippen molar-refractivity contribution in [1.29, 1.82) is 0 Å². The predicted molar refractivity (Wildman–Crippen MR) is 131 cm³/mol. The Hall–Kier alpha value is -1.72. The van der Waals surface area contributed by atoms with Crippen LogP contribution in [0.25, 0.3) is 0 Å². The van der Waals surface area contributed by atoms with Crippen molar-refractivity contribution in [2.75, 3.05) is 0 Å². The average molecular weight is 490 g/mol. The van der Waals surface area contributed by atoms with Crippen LogP contribution in [0.1, 0.15) is 106 Å². The number of esters is 1. The molecule has 3 aliphatic rings. The van der Waals surface area contributed by atoms with Crippen LogP contribution < -0.4 is 5.11 Å². The molecule has 3 fully saturated rings. The van der Waals surface area contributed by atoms with Gasteiger partial charge in [-0.15, -0.1) is 0 Å². The molecule has 0 spiro atoms. The molecule has 0 aliphatic heterocycles. The normalized spacial score (nSPS) is 38.1. The molecule has 3 rings (SSSR count). The number of Topliss-reactive ketones (excluding diaryl/α,β-unsaturated/α-hetero) is 2. The Morgan fingerprint density at radius 2 is 1.69 bits per heavy atom. The molecule has 0 unspecified atom stereocenters. The van der Waals surface area contributed by atoms with Gasteiger partial charge in [0.2, 0.25) is 0 Å². The molecule has 0 aromatic rings. The minimum Gasteiger partial charge on any atom is -0.542 e. The van der Waals surface area contributed by atoms with Crippen molar-refractivity contribution < 1.29 is 29.0 Å². The number of hydrogen-bond acceptors (Lipinski definition) is 6. The summed E-state index contributed by atoms with van der Waals surface area (Å²) in [5.41, 5.74) is -0.882. The summed E-state index contributed by atoms with van der Waals surface area (Å²) in [6.45, 7) is 12.3. The van der Waals surface area contributed by atoms with Crippen LogP contribution in [0, 0.1) is 46.3 Å². The molecule has 3 aliphatic carbocycles. The van der Waals surface area contributed by atoms with Crippen LogP contribution >= 0.6 is 0 Å². The second kappa shape index (κ2) is 10.7. The third-order valence-corrected chi connectivity index (χ3v) is 10.2. The molecule has 0 amide bonds. The molecule has 0 bridgehead atoms. The molecule has 3 saturated carbocycles. The van der Waals surface area contributed by atoms with E-state index in [1.807, 2.05) is 6.92 Å². The van der Waals surface area contributed by atoms with E-state index in [2.05, 4.69) is 27.7 Å². The van der Waals surface area contributed by atoms with E-state index in [0.717, 1.165) is 25.7 Å². The van der Waals surface area contributed by atoms with E-state index < -0.39 is 35.2 Å². The van der Waals surface area contributed by atoms with Crippen LogP contribution in [0.4, 0.5) is 0 Å². The highest BCUT2D eigenvalue weighted by Gasteiger charge is 2.61. The Labute approximate surface area is 210 Å². The Morgan fingerprint density at radius 3 is 2.26 bits per heavy atom. The van der Waals surface area contributed by atoms with Gasteiger partial charge in [-0.2, -0.15) is 0 Å². The Morgan fingerprint density at radius 1 is 1.00 bits per heavy atom.